The zero-order valence-corrected chi connectivity index (χ0v) is 18.0. The number of aryl methyl sites for hydroxylation is 1. The molecule has 1 unspecified atom stereocenters. The second-order valence-electron chi connectivity index (χ2n) is 7.53. The van der Waals surface area contributed by atoms with Crippen LogP contribution in [0.5, 0.6) is 0 Å². The number of carbonyl (C=O) groups excluding carboxylic acids is 1. The van der Waals surface area contributed by atoms with Gasteiger partial charge in [-0.25, -0.2) is 9.18 Å². The number of rotatable bonds is 6. The number of hydrogen-bond acceptors (Lipinski definition) is 9. The maximum absolute atomic E-state index is 13.8. The van der Waals surface area contributed by atoms with Gasteiger partial charge in [0.25, 0.3) is 11.6 Å². The number of aromatic nitrogens is 2. The highest BCUT2D eigenvalue weighted by Gasteiger charge is 2.26. The molecule has 1 atom stereocenters. The summed E-state index contributed by atoms with van der Waals surface area (Å²) < 4.78 is 29.6. The second kappa shape index (κ2) is 9.33. The Balaban J connectivity index is 1.50. The number of nitro groups is 1. The molecule has 0 spiro atoms. The number of anilines is 1. The molecular formula is C22H21FN4O6. The molecular weight excluding hydrogens is 435 g/mol. The van der Waals surface area contributed by atoms with Crippen molar-refractivity contribution < 1.29 is 28.1 Å². The fourth-order valence-electron chi connectivity index (χ4n) is 3.40. The molecule has 1 aliphatic heterocycles. The quantitative estimate of drug-likeness (QED) is 0.309. The van der Waals surface area contributed by atoms with Gasteiger partial charge in [0.2, 0.25) is 5.82 Å². The van der Waals surface area contributed by atoms with Gasteiger partial charge in [0.15, 0.2) is 6.10 Å². The van der Waals surface area contributed by atoms with Crippen LogP contribution < -0.4 is 4.90 Å². The first-order valence-corrected chi connectivity index (χ1v) is 10.3. The van der Waals surface area contributed by atoms with E-state index in [0.717, 1.165) is 0 Å². The molecule has 0 radical (unpaired) electrons. The van der Waals surface area contributed by atoms with Crippen molar-refractivity contribution in [1.29, 1.82) is 0 Å². The van der Waals surface area contributed by atoms with E-state index < -0.39 is 22.8 Å². The zero-order chi connectivity index (χ0) is 23.5. The highest BCUT2D eigenvalue weighted by molar-refractivity contribution is 5.91. The molecule has 0 saturated carbocycles. The molecule has 1 aliphatic rings. The van der Waals surface area contributed by atoms with E-state index in [1.807, 2.05) is 4.90 Å². The molecule has 10 nitrogen and oxygen atoms in total. The van der Waals surface area contributed by atoms with Gasteiger partial charge in [-0.1, -0.05) is 17.3 Å². The lowest BCUT2D eigenvalue weighted by atomic mass is 10.1. The monoisotopic (exact) mass is 456 g/mol. The van der Waals surface area contributed by atoms with Crippen molar-refractivity contribution in [1.82, 2.24) is 10.1 Å². The van der Waals surface area contributed by atoms with Crippen molar-refractivity contribution in [2.75, 3.05) is 31.2 Å². The molecule has 0 bridgehead atoms. The molecule has 3 aromatic rings. The molecule has 172 valence electrons. The predicted molar refractivity (Wildman–Crippen MR) is 114 cm³/mol. The van der Waals surface area contributed by atoms with Gasteiger partial charge in [-0.15, -0.1) is 0 Å². The Morgan fingerprint density at radius 3 is 2.70 bits per heavy atom. The lowest BCUT2D eigenvalue weighted by molar-refractivity contribution is -0.384. The number of benzene rings is 2. The van der Waals surface area contributed by atoms with E-state index in [9.17, 15) is 19.3 Å². The molecule has 0 aliphatic carbocycles. The smallest absolute Gasteiger partial charge is 0.339 e. The molecule has 11 heteroatoms. The van der Waals surface area contributed by atoms with E-state index in [4.69, 9.17) is 14.0 Å². The van der Waals surface area contributed by atoms with E-state index in [2.05, 4.69) is 10.1 Å². The minimum absolute atomic E-state index is 0.0127. The minimum Gasteiger partial charge on any atom is -0.449 e. The van der Waals surface area contributed by atoms with Crippen LogP contribution in [-0.2, 0) is 9.47 Å². The van der Waals surface area contributed by atoms with Gasteiger partial charge in [-0.2, -0.15) is 4.98 Å². The number of esters is 1. The summed E-state index contributed by atoms with van der Waals surface area (Å²) in [6.07, 6.45) is -0.924. The first kappa shape index (κ1) is 22.3. The van der Waals surface area contributed by atoms with Gasteiger partial charge in [0, 0.05) is 24.7 Å². The summed E-state index contributed by atoms with van der Waals surface area (Å²) >= 11 is 0. The van der Waals surface area contributed by atoms with Gasteiger partial charge in [-0.3, -0.25) is 10.1 Å². The Morgan fingerprint density at radius 1 is 1.24 bits per heavy atom. The maximum atomic E-state index is 13.8. The number of carbonyl (C=O) groups is 1. The Kier molecular flexibility index (Phi) is 6.31. The van der Waals surface area contributed by atoms with Crippen molar-refractivity contribution in [3.05, 3.63) is 69.3 Å². The molecule has 4 rings (SSSR count). The maximum Gasteiger partial charge on any atom is 0.339 e. The Labute approximate surface area is 188 Å². The fraction of sp³-hybridized carbons (Fsp3) is 0.318. The van der Waals surface area contributed by atoms with Crippen LogP contribution in [0.3, 0.4) is 0 Å². The van der Waals surface area contributed by atoms with E-state index in [-0.39, 0.29) is 23.0 Å². The van der Waals surface area contributed by atoms with Crippen molar-refractivity contribution in [3.8, 4) is 11.4 Å². The number of hydrogen-bond donors (Lipinski definition) is 0. The zero-order valence-electron chi connectivity index (χ0n) is 18.0. The summed E-state index contributed by atoms with van der Waals surface area (Å²) in [6.45, 7) is 5.15. The molecule has 2 heterocycles. The van der Waals surface area contributed by atoms with Gasteiger partial charge >= 0.3 is 5.97 Å². The number of nitrogens with zero attached hydrogens (tertiary/aromatic N) is 4. The highest BCUT2D eigenvalue weighted by atomic mass is 19.1. The van der Waals surface area contributed by atoms with Crippen LogP contribution in [0.2, 0.25) is 0 Å². The molecule has 0 amide bonds. The summed E-state index contributed by atoms with van der Waals surface area (Å²) in [5.74, 6) is -1.02. The van der Waals surface area contributed by atoms with Crippen LogP contribution in [0.1, 0.15) is 34.8 Å². The molecule has 1 fully saturated rings. The average molecular weight is 456 g/mol. The second-order valence-corrected chi connectivity index (χ2v) is 7.53. The van der Waals surface area contributed by atoms with E-state index in [1.165, 1.54) is 31.2 Å². The SMILES string of the molecule is Cc1ccc(-c2noc(C(C)OC(=O)c3ccc(N4CCOCC4)c([N+](=O)[O-])c3)n2)cc1F. The van der Waals surface area contributed by atoms with E-state index in [0.29, 0.717) is 43.1 Å². The summed E-state index contributed by atoms with van der Waals surface area (Å²) in [5, 5.41) is 15.4. The van der Waals surface area contributed by atoms with E-state index in [1.54, 1.807) is 19.1 Å². The van der Waals surface area contributed by atoms with Crippen molar-refractivity contribution in [3.63, 3.8) is 0 Å². The molecule has 33 heavy (non-hydrogen) atoms. The third-order valence-electron chi connectivity index (χ3n) is 5.26. The van der Waals surface area contributed by atoms with Gasteiger partial charge in [0.05, 0.1) is 23.7 Å². The molecule has 0 N–H and O–H groups in total. The Morgan fingerprint density at radius 2 is 2.00 bits per heavy atom. The first-order chi connectivity index (χ1) is 15.8. The topological polar surface area (TPSA) is 121 Å². The largest absolute Gasteiger partial charge is 0.449 e. The van der Waals surface area contributed by atoms with E-state index >= 15 is 0 Å². The summed E-state index contributed by atoms with van der Waals surface area (Å²) in [4.78, 5) is 29.7. The van der Waals surface area contributed by atoms with Crippen molar-refractivity contribution in [2.24, 2.45) is 0 Å². The van der Waals surface area contributed by atoms with Gasteiger partial charge < -0.3 is 18.9 Å². The minimum atomic E-state index is -0.924. The summed E-state index contributed by atoms with van der Waals surface area (Å²) in [5.41, 5.74) is 1.14. The van der Waals surface area contributed by atoms with Crippen LogP contribution in [-0.4, -0.2) is 47.3 Å². The molecule has 2 aromatic carbocycles. The van der Waals surface area contributed by atoms with Crippen LogP contribution in [0, 0.1) is 22.9 Å². The average Bonchev–Trinajstić information content (AvgIpc) is 3.31. The summed E-state index contributed by atoms with van der Waals surface area (Å²) in [6, 6.07) is 8.73. The van der Waals surface area contributed by atoms with Crippen LogP contribution in [0.25, 0.3) is 11.4 Å². The first-order valence-electron chi connectivity index (χ1n) is 10.3. The third kappa shape index (κ3) is 4.82. The van der Waals surface area contributed by atoms with Gasteiger partial charge in [-0.05, 0) is 37.6 Å². The number of morpholine rings is 1. The number of nitro benzene ring substituents is 1. The fourth-order valence-corrected chi connectivity index (χ4v) is 3.40. The van der Waals surface area contributed by atoms with Crippen LogP contribution in [0.15, 0.2) is 40.9 Å². The number of ether oxygens (including phenoxy) is 2. The van der Waals surface area contributed by atoms with Crippen molar-refractivity contribution >= 4 is 17.3 Å². The third-order valence-corrected chi connectivity index (χ3v) is 5.26. The summed E-state index contributed by atoms with van der Waals surface area (Å²) in [7, 11) is 0. The van der Waals surface area contributed by atoms with Crippen LogP contribution >= 0.6 is 0 Å². The standard InChI is InChI=1S/C22H21FN4O6/c1-13-3-4-15(11-17(13)23)20-24-21(33-25-20)14(2)32-22(28)16-5-6-18(19(12-16)27(29)30)26-7-9-31-10-8-26/h3-6,11-12,14H,7-10H2,1-2H3. The lowest BCUT2D eigenvalue weighted by Crippen LogP contribution is -2.36. The van der Waals surface area contributed by atoms with Crippen molar-refractivity contribution in [2.45, 2.75) is 20.0 Å². The van der Waals surface area contributed by atoms with Crippen LogP contribution in [0.4, 0.5) is 15.8 Å². The highest BCUT2D eigenvalue weighted by Crippen LogP contribution is 2.31. The normalized spacial score (nSPS) is 14.7. The Bertz CT molecular complexity index is 1190. The Hall–Kier alpha value is -3.86. The lowest BCUT2D eigenvalue weighted by Gasteiger charge is -2.28. The molecule has 1 aromatic heterocycles. The number of halogens is 1. The predicted octanol–water partition coefficient (Wildman–Crippen LogP) is 3.85. The molecule has 1 saturated heterocycles. The van der Waals surface area contributed by atoms with Gasteiger partial charge in [0.1, 0.15) is 11.5 Å².